The van der Waals surface area contributed by atoms with Crippen molar-refractivity contribution >= 4 is 11.7 Å². The number of likely N-dealkylation sites (N-methyl/N-ethyl adjacent to an activating group) is 1. The molecule has 5 rings (SSSR count). The van der Waals surface area contributed by atoms with Crippen LogP contribution in [0.5, 0.6) is 0 Å². The fraction of sp³-hybridized carbons (Fsp3) is 0.364. The zero-order valence-electron chi connectivity index (χ0n) is 22.7. The van der Waals surface area contributed by atoms with Crippen molar-refractivity contribution in [3.05, 3.63) is 101 Å². The lowest BCUT2D eigenvalue weighted by molar-refractivity contribution is -0.0447. The molecule has 2 aliphatic heterocycles. The van der Waals surface area contributed by atoms with Gasteiger partial charge in [0.1, 0.15) is 0 Å². The van der Waals surface area contributed by atoms with Crippen LogP contribution in [0.2, 0.25) is 0 Å². The number of carbonyl (C=O) groups is 1. The van der Waals surface area contributed by atoms with E-state index in [2.05, 4.69) is 72.2 Å². The van der Waals surface area contributed by atoms with E-state index in [4.69, 9.17) is 0 Å². The van der Waals surface area contributed by atoms with Crippen molar-refractivity contribution in [1.29, 1.82) is 0 Å². The first-order valence-electron chi connectivity index (χ1n) is 13.7. The Morgan fingerprint density at radius 2 is 1.55 bits per heavy atom. The summed E-state index contributed by atoms with van der Waals surface area (Å²) in [5.74, 6) is 6.93. The van der Waals surface area contributed by atoms with Crippen LogP contribution in [0.4, 0.5) is 10.5 Å². The average molecular weight is 507 g/mol. The number of fused-ring (bicyclic) bond motifs is 1. The minimum absolute atomic E-state index is 0.00273. The Bertz CT molecular complexity index is 1270. The van der Waals surface area contributed by atoms with E-state index < -0.39 is 0 Å². The van der Waals surface area contributed by atoms with Crippen LogP contribution < -0.4 is 5.32 Å². The van der Waals surface area contributed by atoms with E-state index in [1.165, 1.54) is 11.1 Å². The van der Waals surface area contributed by atoms with E-state index in [9.17, 15) is 4.79 Å². The highest BCUT2D eigenvalue weighted by atomic mass is 16.2. The molecule has 3 atom stereocenters. The zero-order valence-corrected chi connectivity index (χ0v) is 22.7. The van der Waals surface area contributed by atoms with Crippen molar-refractivity contribution < 1.29 is 4.79 Å². The highest BCUT2D eigenvalue weighted by Gasteiger charge is 2.49. The molecule has 2 fully saturated rings. The molecule has 38 heavy (non-hydrogen) atoms. The molecule has 0 unspecified atom stereocenters. The number of anilines is 1. The van der Waals surface area contributed by atoms with Crippen LogP contribution in [0.1, 0.15) is 41.0 Å². The molecule has 3 aromatic carbocycles. The lowest BCUT2D eigenvalue weighted by atomic mass is 9.73. The number of hydrogen-bond donors (Lipinski definition) is 1. The van der Waals surface area contributed by atoms with Crippen molar-refractivity contribution in [3.63, 3.8) is 0 Å². The number of amides is 2. The summed E-state index contributed by atoms with van der Waals surface area (Å²) in [6.45, 7) is 5.69. The van der Waals surface area contributed by atoms with Crippen molar-refractivity contribution in [3.8, 4) is 11.8 Å². The van der Waals surface area contributed by atoms with Gasteiger partial charge in [-0.3, -0.25) is 4.90 Å². The maximum Gasteiger partial charge on any atom is 0.321 e. The molecular formula is C33H38N4O. The van der Waals surface area contributed by atoms with Gasteiger partial charge in [-0.1, -0.05) is 59.9 Å². The van der Waals surface area contributed by atoms with Crippen molar-refractivity contribution in [1.82, 2.24) is 14.7 Å². The second-order valence-electron chi connectivity index (χ2n) is 10.8. The molecule has 0 aromatic heterocycles. The number of urea groups is 1. The van der Waals surface area contributed by atoms with Gasteiger partial charge in [0.25, 0.3) is 0 Å². The molecule has 0 bridgehead atoms. The van der Waals surface area contributed by atoms with Crippen LogP contribution in [-0.2, 0) is 0 Å². The minimum atomic E-state index is -0.00273. The van der Waals surface area contributed by atoms with Crippen molar-refractivity contribution in [2.45, 2.75) is 37.8 Å². The van der Waals surface area contributed by atoms with Gasteiger partial charge in [0.05, 0.1) is 0 Å². The van der Waals surface area contributed by atoms with Gasteiger partial charge in [-0.25, -0.2) is 4.79 Å². The molecule has 5 nitrogen and oxygen atoms in total. The molecular weight excluding hydrogens is 468 g/mol. The minimum Gasteiger partial charge on any atom is -0.323 e. The third kappa shape index (κ3) is 6.10. The van der Waals surface area contributed by atoms with Gasteiger partial charge >= 0.3 is 6.03 Å². The number of benzene rings is 3. The molecule has 2 heterocycles. The Labute approximate surface area is 227 Å². The van der Waals surface area contributed by atoms with E-state index >= 15 is 0 Å². The summed E-state index contributed by atoms with van der Waals surface area (Å²) in [7, 11) is 4.30. The molecule has 196 valence electrons. The largest absolute Gasteiger partial charge is 0.323 e. The number of hydrogen-bond acceptors (Lipinski definition) is 3. The van der Waals surface area contributed by atoms with Gasteiger partial charge in [0.15, 0.2) is 0 Å². The van der Waals surface area contributed by atoms with E-state index in [-0.39, 0.29) is 6.03 Å². The lowest BCUT2D eigenvalue weighted by Crippen LogP contribution is -2.69. The predicted molar refractivity (Wildman–Crippen MR) is 155 cm³/mol. The van der Waals surface area contributed by atoms with E-state index in [0.717, 1.165) is 55.8 Å². The molecule has 0 saturated carbocycles. The lowest BCUT2D eigenvalue weighted by Gasteiger charge is -2.58. The third-order valence-corrected chi connectivity index (χ3v) is 7.75. The van der Waals surface area contributed by atoms with Crippen LogP contribution in [-0.4, -0.2) is 73.1 Å². The first kappa shape index (κ1) is 26.0. The summed E-state index contributed by atoms with van der Waals surface area (Å²) < 4.78 is 0. The Morgan fingerprint density at radius 1 is 0.895 bits per heavy atom. The van der Waals surface area contributed by atoms with Gasteiger partial charge in [-0.2, -0.15) is 0 Å². The second kappa shape index (κ2) is 11.9. The number of nitrogens with one attached hydrogen (secondary N) is 1. The molecule has 0 radical (unpaired) electrons. The van der Waals surface area contributed by atoms with E-state index in [1.807, 2.05) is 59.5 Å². The molecule has 2 saturated heterocycles. The molecule has 3 aromatic rings. The standard InChI is InChI=1S/C33H38N4O/c1-25-11-19-29(20-12-25)34-33(38)36-21-7-8-22-37-30(23-35(2)3)32(31(37)24-36)28-17-15-27(16-18-28)14-13-26-9-5-4-6-10-26/h4-6,9-12,15-20,30-32H,7-8,21-24H2,1-3H3,(H,34,38)/t30-,31-,32-/m0/s1. The van der Waals surface area contributed by atoms with E-state index in [1.54, 1.807) is 0 Å². The van der Waals surface area contributed by atoms with E-state index in [0.29, 0.717) is 18.0 Å². The molecule has 0 spiro atoms. The topological polar surface area (TPSA) is 38.8 Å². The summed E-state index contributed by atoms with van der Waals surface area (Å²) in [4.78, 5) is 20.2. The maximum atomic E-state index is 13.3. The second-order valence-corrected chi connectivity index (χ2v) is 10.8. The first-order chi connectivity index (χ1) is 18.5. The maximum absolute atomic E-state index is 13.3. The SMILES string of the molecule is Cc1ccc(NC(=O)N2CCCCN3[C@@H](CN(C)C)[C@H](c4ccc(C#Cc5ccccc5)cc4)[C@@H]3C2)cc1. The molecule has 2 amide bonds. The Morgan fingerprint density at radius 3 is 2.24 bits per heavy atom. The fourth-order valence-electron chi connectivity index (χ4n) is 5.79. The molecule has 5 heteroatoms. The quantitative estimate of drug-likeness (QED) is 0.480. The Balaban J connectivity index is 1.34. The van der Waals surface area contributed by atoms with Gasteiger partial charge in [-0.15, -0.1) is 0 Å². The highest BCUT2D eigenvalue weighted by molar-refractivity contribution is 5.89. The van der Waals surface area contributed by atoms with Crippen LogP contribution in [0.15, 0.2) is 78.9 Å². The fourth-order valence-corrected chi connectivity index (χ4v) is 5.79. The Hall–Kier alpha value is -3.59. The van der Waals surface area contributed by atoms with Crippen molar-refractivity contribution in [2.24, 2.45) is 0 Å². The number of carbonyl (C=O) groups excluding carboxylic acids is 1. The Kier molecular flexibility index (Phi) is 8.12. The summed E-state index contributed by atoms with van der Waals surface area (Å²) >= 11 is 0. The van der Waals surface area contributed by atoms with Crippen LogP contribution in [0, 0.1) is 18.8 Å². The van der Waals surface area contributed by atoms with Gasteiger partial charge in [0, 0.05) is 54.5 Å². The zero-order chi connectivity index (χ0) is 26.5. The van der Waals surface area contributed by atoms with Crippen LogP contribution in [0.25, 0.3) is 0 Å². The monoisotopic (exact) mass is 506 g/mol. The molecule has 1 N–H and O–H groups in total. The summed E-state index contributed by atoms with van der Waals surface area (Å²) in [5.41, 5.74) is 5.42. The normalized spacial score (nSPS) is 21.4. The summed E-state index contributed by atoms with van der Waals surface area (Å²) in [6.07, 6.45) is 2.13. The smallest absolute Gasteiger partial charge is 0.321 e. The average Bonchev–Trinajstić information content (AvgIpc) is 2.91. The highest BCUT2D eigenvalue weighted by Crippen LogP contribution is 2.42. The summed E-state index contributed by atoms with van der Waals surface area (Å²) in [5, 5.41) is 3.12. The van der Waals surface area contributed by atoms with Gasteiger partial charge < -0.3 is 15.1 Å². The number of rotatable bonds is 4. The number of aryl methyl sites for hydroxylation is 1. The number of nitrogens with zero attached hydrogens (tertiary/aromatic N) is 3. The third-order valence-electron chi connectivity index (χ3n) is 7.75. The van der Waals surface area contributed by atoms with Crippen LogP contribution in [0.3, 0.4) is 0 Å². The first-order valence-corrected chi connectivity index (χ1v) is 13.7. The molecule has 2 aliphatic rings. The van der Waals surface area contributed by atoms with Crippen LogP contribution >= 0.6 is 0 Å². The van der Waals surface area contributed by atoms with Gasteiger partial charge in [0.2, 0.25) is 0 Å². The summed E-state index contributed by atoms with van der Waals surface area (Å²) in [6, 6.07) is 27.7. The van der Waals surface area contributed by atoms with Crippen molar-refractivity contribution in [2.75, 3.05) is 45.6 Å². The van der Waals surface area contributed by atoms with Gasteiger partial charge in [-0.05, 0) is 82.4 Å². The predicted octanol–water partition coefficient (Wildman–Crippen LogP) is 5.42. The molecule has 0 aliphatic carbocycles.